The predicted octanol–water partition coefficient (Wildman–Crippen LogP) is 2.82. The number of primary amides is 1. The number of hydrogen-bond donors (Lipinski definition) is 1. The average molecular weight is 305 g/mol. The number of benzene rings is 1. The Morgan fingerprint density at radius 2 is 2.32 bits per heavy atom. The van der Waals surface area contributed by atoms with E-state index < -0.39 is 6.09 Å². The van der Waals surface area contributed by atoms with Gasteiger partial charge in [0.1, 0.15) is 6.10 Å². The molecule has 1 saturated heterocycles. The van der Waals surface area contributed by atoms with Crippen LogP contribution in [0.4, 0.5) is 4.79 Å². The van der Waals surface area contributed by atoms with Crippen LogP contribution in [0.3, 0.4) is 0 Å². The minimum Gasteiger partial charge on any atom is -0.445 e. The van der Waals surface area contributed by atoms with Crippen LogP contribution >= 0.6 is 24.0 Å². The van der Waals surface area contributed by atoms with Crippen LogP contribution in [0, 0.1) is 0 Å². The van der Waals surface area contributed by atoms with Crippen LogP contribution in [0.1, 0.15) is 18.4 Å². The second kappa shape index (κ2) is 7.58. The highest BCUT2D eigenvalue weighted by Gasteiger charge is 2.22. The lowest BCUT2D eigenvalue weighted by Crippen LogP contribution is -2.40. The van der Waals surface area contributed by atoms with Gasteiger partial charge in [0, 0.05) is 18.1 Å². The lowest BCUT2D eigenvalue weighted by Gasteiger charge is -2.31. The fourth-order valence-corrected chi connectivity index (χ4v) is 2.52. The van der Waals surface area contributed by atoms with Gasteiger partial charge in [-0.05, 0) is 37.1 Å². The van der Waals surface area contributed by atoms with Crippen LogP contribution in [-0.4, -0.2) is 30.2 Å². The standard InChI is InChI=1S/C13H17ClN2O2.ClH/c14-11-4-1-3-10(7-11)8-16-6-2-5-12(9-16)18-13(15)17;/h1,3-4,7,12H,2,5-6,8-9H2,(H2,15,17);1H. The molecule has 0 spiro atoms. The van der Waals surface area contributed by atoms with Gasteiger partial charge in [0.2, 0.25) is 0 Å². The Hall–Kier alpha value is -0.970. The molecule has 1 atom stereocenters. The summed E-state index contributed by atoms with van der Waals surface area (Å²) >= 11 is 5.96. The van der Waals surface area contributed by atoms with Crippen LogP contribution in [-0.2, 0) is 11.3 Å². The molecular formula is C13H18Cl2N2O2. The van der Waals surface area contributed by atoms with Gasteiger partial charge in [0.05, 0.1) is 0 Å². The first kappa shape index (κ1) is 16.1. The lowest BCUT2D eigenvalue weighted by molar-refractivity contribution is 0.0447. The van der Waals surface area contributed by atoms with Crippen molar-refractivity contribution >= 4 is 30.1 Å². The van der Waals surface area contributed by atoms with Gasteiger partial charge in [0.15, 0.2) is 0 Å². The number of halogens is 2. The van der Waals surface area contributed by atoms with E-state index in [1.165, 1.54) is 5.56 Å². The Labute approximate surface area is 124 Å². The average Bonchev–Trinajstić information content (AvgIpc) is 2.28. The van der Waals surface area contributed by atoms with E-state index >= 15 is 0 Å². The molecule has 0 radical (unpaired) electrons. The zero-order valence-corrected chi connectivity index (χ0v) is 12.1. The number of nitrogens with zero attached hydrogens (tertiary/aromatic N) is 1. The van der Waals surface area contributed by atoms with Crippen molar-refractivity contribution in [3.05, 3.63) is 34.9 Å². The third-order valence-corrected chi connectivity index (χ3v) is 3.28. The highest BCUT2D eigenvalue weighted by molar-refractivity contribution is 6.30. The number of likely N-dealkylation sites (tertiary alicyclic amines) is 1. The molecule has 0 aromatic heterocycles. The summed E-state index contributed by atoms with van der Waals surface area (Å²) in [7, 11) is 0. The normalized spacial score (nSPS) is 19.5. The molecule has 0 saturated carbocycles. The number of hydrogen-bond acceptors (Lipinski definition) is 3. The molecule has 1 heterocycles. The van der Waals surface area contributed by atoms with E-state index in [0.717, 1.165) is 37.5 Å². The summed E-state index contributed by atoms with van der Waals surface area (Å²) in [6, 6.07) is 7.81. The quantitative estimate of drug-likeness (QED) is 0.934. The van der Waals surface area contributed by atoms with Crippen molar-refractivity contribution in [2.75, 3.05) is 13.1 Å². The largest absolute Gasteiger partial charge is 0.445 e. The maximum absolute atomic E-state index is 10.7. The Morgan fingerprint density at radius 3 is 3.00 bits per heavy atom. The number of carbonyl (C=O) groups is 1. The summed E-state index contributed by atoms with van der Waals surface area (Å²) in [5.74, 6) is 0. The van der Waals surface area contributed by atoms with E-state index in [1.807, 2.05) is 24.3 Å². The van der Waals surface area contributed by atoms with Crippen molar-refractivity contribution in [2.24, 2.45) is 5.73 Å². The van der Waals surface area contributed by atoms with Crippen LogP contribution in [0.25, 0.3) is 0 Å². The number of ether oxygens (including phenoxy) is 1. The molecule has 4 nitrogen and oxygen atoms in total. The maximum atomic E-state index is 10.7. The Bertz CT molecular complexity index is 429. The minimum atomic E-state index is -0.690. The molecule has 0 aliphatic carbocycles. The number of nitrogens with two attached hydrogens (primary N) is 1. The van der Waals surface area contributed by atoms with E-state index in [9.17, 15) is 4.79 Å². The highest BCUT2D eigenvalue weighted by Crippen LogP contribution is 2.17. The second-order valence-corrected chi connectivity index (χ2v) is 5.00. The molecule has 1 aliphatic rings. The van der Waals surface area contributed by atoms with Gasteiger partial charge < -0.3 is 10.5 Å². The number of amides is 1. The first-order valence-electron chi connectivity index (χ1n) is 6.06. The summed E-state index contributed by atoms with van der Waals surface area (Å²) in [5.41, 5.74) is 6.21. The monoisotopic (exact) mass is 304 g/mol. The van der Waals surface area contributed by atoms with Crippen molar-refractivity contribution < 1.29 is 9.53 Å². The van der Waals surface area contributed by atoms with Crippen molar-refractivity contribution in [2.45, 2.75) is 25.5 Å². The molecule has 1 aromatic rings. The van der Waals surface area contributed by atoms with Crippen LogP contribution in [0.5, 0.6) is 0 Å². The number of piperidine rings is 1. The number of rotatable bonds is 3. The predicted molar refractivity (Wildman–Crippen MR) is 77.7 cm³/mol. The maximum Gasteiger partial charge on any atom is 0.404 e. The second-order valence-electron chi connectivity index (χ2n) is 4.57. The van der Waals surface area contributed by atoms with Gasteiger partial charge in [-0.15, -0.1) is 12.4 Å². The zero-order valence-electron chi connectivity index (χ0n) is 10.5. The van der Waals surface area contributed by atoms with Crippen LogP contribution in [0.15, 0.2) is 24.3 Å². The molecule has 0 bridgehead atoms. The molecule has 2 N–H and O–H groups in total. The molecule has 2 rings (SSSR count). The molecule has 1 aromatic carbocycles. The minimum absolute atomic E-state index is 0. The summed E-state index contributed by atoms with van der Waals surface area (Å²) in [6.45, 7) is 2.56. The van der Waals surface area contributed by atoms with Crippen molar-refractivity contribution in [3.63, 3.8) is 0 Å². The van der Waals surface area contributed by atoms with Crippen LogP contribution < -0.4 is 5.73 Å². The van der Waals surface area contributed by atoms with Gasteiger partial charge in [-0.25, -0.2) is 4.79 Å². The molecular weight excluding hydrogens is 287 g/mol. The fourth-order valence-electron chi connectivity index (χ4n) is 2.31. The van der Waals surface area contributed by atoms with Crippen molar-refractivity contribution in [1.82, 2.24) is 4.90 Å². The summed E-state index contributed by atoms with van der Waals surface area (Å²) in [4.78, 5) is 13.0. The van der Waals surface area contributed by atoms with Gasteiger partial charge in [-0.2, -0.15) is 0 Å². The third kappa shape index (κ3) is 5.27. The van der Waals surface area contributed by atoms with Crippen molar-refractivity contribution in [3.8, 4) is 0 Å². The van der Waals surface area contributed by atoms with E-state index in [4.69, 9.17) is 22.1 Å². The third-order valence-electron chi connectivity index (χ3n) is 3.04. The molecule has 1 fully saturated rings. The van der Waals surface area contributed by atoms with Gasteiger partial charge in [-0.1, -0.05) is 23.7 Å². The molecule has 6 heteroatoms. The summed E-state index contributed by atoms with van der Waals surface area (Å²) in [6.07, 6.45) is 1.12. The zero-order chi connectivity index (χ0) is 13.0. The van der Waals surface area contributed by atoms with Gasteiger partial charge in [0.25, 0.3) is 0 Å². The Balaban J connectivity index is 0.00000180. The Kier molecular flexibility index (Phi) is 6.42. The fraction of sp³-hybridized carbons (Fsp3) is 0.462. The first-order chi connectivity index (χ1) is 8.63. The molecule has 1 aliphatic heterocycles. The first-order valence-corrected chi connectivity index (χ1v) is 6.44. The Morgan fingerprint density at radius 1 is 1.53 bits per heavy atom. The van der Waals surface area contributed by atoms with Gasteiger partial charge in [-0.3, -0.25) is 4.90 Å². The SMILES string of the molecule is Cl.NC(=O)OC1CCCN(Cc2cccc(Cl)c2)C1. The molecule has 1 amide bonds. The lowest BCUT2D eigenvalue weighted by atomic mass is 10.1. The summed E-state index contributed by atoms with van der Waals surface area (Å²) < 4.78 is 5.05. The highest BCUT2D eigenvalue weighted by atomic mass is 35.5. The van der Waals surface area contributed by atoms with Crippen LogP contribution in [0.2, 0.25) is 5.02 Å². The van der Waals surface area contributed by atoms with Gasteiger partial charge >= 0.3 is 6.09 Å². The summed E-state index contributed by atoms with van der Waals surface area (Å²) in [5, 5.41) is 0.745. The topological polar surface area (TPSA) is 55.6 Å². The number of carbonyl (C=O) groups excluding carboxylic acids is 1. The smallest absolute Gasteiger partial charge is 0.404 e. The van der Waals surface area contributed by atoms with E-state index in [2.05, 4.69) is 4.90 Å². The van der Waals surface area contributed by atoms with E-state index in [-0.39, 0.29) is 18.5 Å². The van der Waals surface area contributed by atoms with E-state index in [1.54, 1.807) is 0 Å². The molecule has 19 heavy (non-hydrogen) atoms. The molecule has 1 unspecified atom stereocenters. The van der Waals surface area contributed by atoms with E-state index in [0.29, 0.717) is 0 Å². The van der Waals surface area contributed by atoms with Crippen molar-refractivity contribution in [1.29, 1.82) is 0 Å². The molecule has 106 valence electrons.